The van der Waals surface area contributed by atoms with Gasteiger partial charge >= 0.3 is 0 Å². The highest BCUT2D eigenvalue weighted by atomic mass is 32.1. The molecule has 2 aromatic heterocycles. The average molecular weight is 254 g/mol. The third-order valence-corrected chi connectivity index (χ3v) is 2.89. The number of aromatic nitrogens is 3. The average Bonchev–Trinajstić information content (AvgIpc) is 2.74. The maximum atomic E-state index is 13.3. The normalized spacial score (nSPS) is 10.3. The Labute approximate surface area is 101 Å². The summed E-state index contributed by atoms with van der Waals surface area (Å²) < 4.78 is 13.3. The summed E-state index contributed by atoms with van der Waals surface area (Å²) in [5, 5.41) is 3.83. The summed E-state index contributed by atoms with van der Waals surface area (Å²) in [6, 6.07) is 0. The van der Waals surface area contributed by atoms with E-state index in [1.165, 1.54) is 0 Å². The summed E-state index contributed by atoms with van der Waals surface area (Å²) in [6.45, 7) is 2.37. The standard InChI is InChI=1S/C9H11FN6S/c1-5-12-2-6(17-5)3-13-8-7(10)4-14-9(15-8)16-11/h2,4H,3,11H2,1H3,(H2,13,14,15,16). The highest BCUT2D eigenvalue weighted by Gasteiger charge is 2.06. The summed E-state index contributed by atoms with van der Waals surface area (Å²) in [7, 11) is 0. The Morgan fingerprint density at radius 3 is 2.88 bits per heavy atom. The van der Waals surface area contributed by atoms with E-state index in [1.807, 2.05) is 6.92 Å². The van der Waals surface area contributed by atoms with Crippen LogP contribution in [0.3, 0.4) is 0 Å². The zero-order valence-corrected chi connectivity index (χ0v) is 9.88. The first-order valence-electron chi connectivity index (χ1n) is 4.83. The van der Waals surface area contributed by atoms with E-state index >= 15 is 0 Å². The van der Waals surface area contributed by atoms with E-state index in [-0.39, 0.29) is 11.8 Å². The van der Waals surface area contributed by atoms with Crippen LogP contribution in [0, 0.1) is 12.7 Å². The molecule has 0 fully saturated rings. The zero-order valence-electron chi connectivity index (χ0n) is 9.07. The fraction of sp³-hybridized carbons (Fsp3) is 0.222. The molecule has 0 bridgehead atoms. The Hall–Kier alpha value is -1.80. The van der Waals surface area contributed by atoms with Crippen LogP contribution in [0.4, 0.5) is 16.2 Å². The first-order valence-corrected chi connectivity index (χ1v) is 5.65. The molecule has 0 saturated carbocycles. The number of hydrazine groups is 1. The van der Waals surface area contributed by atoms with Crippen LogP contribution >= 0.6 is 11.3 Å². The van der Waals surface area contributed by atoms with Gasteiger partial charge in [0.05, 0.1) is 17.7 Å². The van der Waals surface area contributed by atoms with Crippen molar-refractivity contribution >= 4 is 23.1 Å². The largest absolute Gasteiger partial charge is 0.363 e. The molecule has 6 nitrogen and oxygen atoms in total. The van der Waals surface area contributed by atoms with Crippen LogP contribution in [0.5, 0.6) is 0 Å². The fourth-order valence-electron chi connectivity index (χ4n) is 1.22. The topological polar surface area (TPSA) is 88.8 Å². The summed E-state index contributed by atoms with van der Waals surface area (Å²) in [4.78, 5) is 12.6. The van der Waals surface area contributed by atoms with Crippen LogP contribution in [0.2, 0.25) is 0 Å². The van der Waals surface area contributed by atoms with Crippen LogP contribution in [0.1, 0.15) is 9.88 Å². The molecule has 0 spiro atoms. The molecule has 2 aromatic rings. The quantitative estimate of drug-likeness (QED) is 0.562. The van der Waals surface area contributed by atoms with Crippen LogP contribution in [0.15, 0.2) is 12.4 Å². The van der Waals surface area contributed by atoms with Crippen LogP contribution in [-0.4, -0.2) is 15.0 Å². The maximum absolute atomic E-state index is 13.3. The van der Waals surface area contributed by atoms with Gasteiger partial charge in [0.25, 0.3) is 0 Å². The molecule has 4 N–H and O–H groups in total. The van der Waals surface area contributed by atoms with Gasteiger partial charge in [0.15, 0.2) is 11.6 Å². The molecule has 0 aliphatic carbocycles. The minimum atomic E-state index is -0.523. The Balaban J connectivity index is 2.07. The predicted molar refractivity (Wildman–Crippen MR) is 64.0 cm³/mol. The molecule has 0 aliphatic heterocycles. The second-order valence-corrected chi connectivity index (χ2v) is 4.55. The molecule has 0 radical (unpaired) electrons. The fourth-order valence-corrected chi connectivity index (χ4v) is 1.95. The number of thiazole rings is 1. The minimum Gasteiger partial charge on any atom is -0.363 e. The summed E-state index contributed by atoms with van der Waals surface area (Å²) in [6.07, 6.45) is 2.80. The van der Waals surface area contributed by atoms with Crippen molar-refractivity contribution in [3.8, 4) is 0 Å². The van der Waals surface area contributed by atoms with Crippen LogP contribution in [-0.2, 0) is 6.54 Å². The maximum Gasteiger partial charge on any atom is 0.239 e. The first kappa shape index (κ1) is 11.7. The second-order valence-electron chi connectivity index (χ2n) is 3.23. The van der Waals surface area contributed by atoms with Gasteiger partial charge in [-0.3, -0.25) is 5.43 Å². The lowest BCUT2D eigenvalue weighted by Gasteiger charge is -2.06. The van der Waals surface area contributed by atoms with Crippen molar-refractivity contribution < 1.29 is 4.39 Å². The monoisotopic (exact) mass is 254 g/mol. The number of hydrogen-bond acceptors (Lipinski definition) is 7. The van der Waals surface area contributed by atoms with Crippen molar-refractivity contribution in [3.63, 3.8) is 0 Å². The van der Waals surface area contributed by atoms with Crippen LogP contribution in [0.25, 0.3) is 0 Å². The van der Waals surface area contributed by atoms with Gasteiger partial charge in [0.2, 0.25) is 5.95 Å². The number of nitrogen functional groups attached to an aromatic ring is 1. The Morgan fingerprint density at radius 2 is 2.24 bits per heavy atom. The van der Waals surface area contributed by atoms with Gasteiger partial charge in [-0.2, -0.15) is 4.98 Å². The van der Waals surface area contributed by atoms with Crippen LogP contribution < -0.4 is 16.6 Å². The number of nitrogens with one attached hydrogen (secondary N) is 2. The second kappa shape index (κ2) is 5.02. The number of nitrogens with two attached hydrogens (primary N) is 1. The van der Waals surface area contributed by atoms with Crippen molar-refractivity contribution in [2.24, 2.45) is 5.84 Å². The number of halogens is 1. The third-order valence-electron chi connectivity index (χ3n) is 1.97. The van der Waals surface area contributed by atoms with Gasteiger partial charge < -0.3 is 5.32 Å². The van der Waals surface area contributed by atoms with E-state index in [0.717, 1.165) is 16.1 Å². The third kappa shape index (κ3) is 2.86. The lowest BCUT2D eigenvalue weighted by molar-refractivity contribution is 0.617. The summed E-state index contributed by atoms with van der Waals surface area (Å²) in [5.74, 6) is 4.89. The lowest BCUT2D eigenvalue weighted by atomic mass is 10.5. The van der Waals surface area contributed by atoms with Gasteiger partial charge in [0.1, 0.15) is 0 Å². The van der Waals surface area contributed by atoms with Crippen molar-refractivity contribution in [2.45, 2.75) is 13.5 Å². The molecule has 0 aliphatic rings. The highest BCUT2D eigenvalue weighted by Crippen LogP contribution is 2.16. The molecule has 0 aromatic carbocycles. The number of hydrogen-bond donors (Lipinski definition) is 3. The molecule has 0 saturated heterocycles. The van der Waals surface area contributed by atoms with Crippen molar-refractivity contribution in [1.82, 2.24) is 15.0 Å². The van der Waals surface area contributed by atoms with Gasteiger partial charge in [-0.05, 0) is 6.92 Å². The molecule has 0 unspecified atom stereocenters. The predicted octanol–water partition coefficient (Wildman–Crippen LogP) is 1.28. The minimum absolute atomic E-state index is 0.110. The van der Waals surface area contributed by atoms with Gasteiger partial charge in [0, 0.05) is 11.1 Å². The number of nitrogens with zero attached hydrogens (tertiary/aromatic N) is 3. The number of rotatable bonds is 4. The summed E-state index contributed by atoms with van der Waals surface area (Å²) in [5.41, 5.74) is 2.26. The van der Waals surface area contributed by atoms with Gasteiger partial charge in [-0.1, -0.05) is 0 Å². The van der Waals surface area contributed by atoms with Crippen molar-refractivity contribution in [2.75, 3.05) is 10.7 Å². The molecule has 90 valence electrons. The van der Waals surface area contributed by atoms with E-state index in [4.69, 9.17) is 5.84 Å². The van der Waals surface area contributed by atoms with E-state index in [0.29, 0.717) is 6.54 Å². The number of aryl methyl sites for hydroxylation is 1. The van der Waals surface area contributed by atoms with Crippen molar-refractivity contribution in [1.29, 1.82) is 0 Å². The van der Waals surface area contributed by atoms with E-state index in [1.54, 1.807) is 17.5 Å². The molecule has 17 heavy (non-hydrogen) atoms. The van der Waals surface area contributed by atoms with Gasteiger partial charge in [-0.25, -0.2) is 20.2 Å². The van der Waals surface area contributed by atoms with E-state index in [9.17, 15) is 4.39 Å². The molecular weight excluding hydrogens is 243 g/mol. The SMILES string of the molecule is Cc1ncc(CNc2nc(NN)ncc2F)s1. The van der Waals surface area contributed by atoms with E-state index in [2.05, 4.69) is 25.7 Å². The van der Waals surface area contributed by atoms with Crippen molar-refractivity contribution in [3.05, 3.63) is 28.1 Å². The first-order chi connectivity index (χ1) is 8.19. The highest BCUT2D eigenvalue weighted by molar-refractivity contribution is 7.11. The molecule has 2 heterocycles. The smallest absolute Gasteiger partial charge is 0.239 e. The number of anilines is 2. The molecule has 0 amide bonds. The molecule has 8 heteroatoms. The van der Waals surface area contributed by atoms with E-state index < -0.39 is 5.82 Å². The Kier molecular flexibility index (Phi) is 3.45. The Bertz CT molecular complexity index is 514. The lowest BCUT2D eigenvalue weighted by Crippen LogP contribution is -2.12. The van der Waals surface area contributed by atoms with Gasteiger partial charge in [-0.15, -0.1) is 11.3 Å². The molecular formula is C9H11FN6S. The zero-order chi connectivity index (χ0) is 12.3. The molecule has 2 rings (SSSR count). The molecule has 0 atom stereocenters. The summed E-state index contributed by atoms with van der Waals surface area (Å²) >= 11 is 1.54. The Morgan fingerprint density at radius 1 is 1.41 bits per heavy atom.